The Labute approximate surface area is 100 Å². The van der Waals surface area contributed by atoms with E-state index in [1.54, 1.807) is 24.5 Å². The van der Waals surface area contributed by atoms with Crippen LogP contribution in [0, 0.1) is 0 Å². The lowest BCUT2D eigenvalue weighted by molar-refractivity contribution is 0.0992. The summed E-state index contributed by atoms with van der Waals surface area (Å²) in [6.45, 7) is 5.85. The molecule has 0 atom stereocenters. The van der Waals surface area contributed by atoms with Gasteiger partial charge in [-0.1, -0.05) is 19.1 Å². The van der Waals surface area contributed by atoms with Gasteiger partial charge in [0.15, 0.2) is 5.78 Å². The van der Waals surface area contributed by atoms with Crippen molar-refractivity contribution in [3.8, 4) is 0 Å². The minimum absolute atomic E-state index is 0.0874. The average molecular weight is 226 g/mol. The van der Waals surface area contributed by atoms with Crippen LogP contribution in [0.3, 0.4) is 0 Å². The molecule has 0 aliphatic rings. The van der Waals surface area contributed by atoms with Gasteiger partial charge in [0.1, 0.15) is 0 Å². The normalized spacial score (nSPS) is 10.4. The second-order valence-electron chi connectivity index (χ2n) is 3.96. The molecule has 0 saturated heterocycles. The van der Waals surface area contributed by atoms with E-state index in [-0.39, 0.29) is 5.78 Å². The van der Waals surface area contributed by atoms with E-state index in [2.05, 4.69) is 16.5 Å². The van der Waals surface area contributed by atoms with Gasteiger partial charge in [0.05, 0.1) is 11.0 Å². The van der Waals surface area contributed by atoms with Crippen LogP contribution >= 0.6 is 0 Å². The molecule has 0 aliphatic carbocycles. The Morgan fingerprint density at radius 1 is 1.24 bits per heavy atom. The van der Waals surface area contributed by atoms with E-state index >= 15 is 0 Å². The first-order valence-corrected chi connectivity index (χ1v) is 5.61. The number of Topliss-reactive ketones (excluding diaryl/α,β-unsaturated/α-hetero) is 1. The van der Waals surface area contributed by atoms with Crippen LogP contribution in [0.15, 0.2) is 42.7 Å². The first kappa shape index (κ1) is 11.5. The van der Waals surface area contributed by atoms with Gasteiger partial charge in [-0.2, -0.15) is 0 Å². The SMILES string of the molecule is C=C(CC)CC(=O)c1ccc2nccnc2c1. The maximum Gasteiger partial charge on any atom is 0.166 e. The number of hydrogen-bond donors (Lipinski definition) is 0. The quantitative estimate of drug-likeness (QED) is 0.594. The van der Waals surface area contributed by atoms with Crippen LogP contribution in [0.4, 0.5) is 0 Å². The number of ketones is 1. The van der Waals surface area contributed by atoms with Gasteiger partial charge >= 0.3 is 0 Å². The highest BCUT2D eigenvalue weighted by Gasteiger charge is 2.08. The van der Waals surface area contributed by atoms with Gasteiger partial charge in [-0.25, -0.2) is 0 Å². The summed E-state index contributed by atoms with van der Waals surface area (Å²) in [4.78, 5) is 20.3. The number of carbonyl (C=O) groups excluding carboxylic acids is 1. The summed E-state index contributed by atoms with van der Waals surface area (Å²) in [6.07, 6.45) is 4.51. The van der Waals surface area contributed by atoms with Crippen LogP contribution in [0.5, 0.6) is 0 Å². The van der Waals surface area contributed by atoms with Crippen molar-refractivity contribution in [2.24, 2.45) is 0 Å². The van der Waals surface area contributed by atoms with Crippen molar-refractivity contribution >= 4 is 16.8 Å². The van der Waals surface area contributed by atoms with Crippen molar-refractivity contribution in [2.75, 3.05) is 0 Å². The summed E-state index contributed by atoms with van der Waals surface area (Å²) in [6, 6.07) is 5.40. The highest BCUT2D eigenvalue weighted by molar-refractivity contribution is 5.99. The van der Waals surface area contributed by atoms with Crippen LogP contribution in [0.1, 0.15) is 30.1 Å². The van der Waals surface area contributed by atoms with E-state index in [9.17, 15) is 4.79 Å². The Balaban J connectivity index is 2.30. The van der Waals surface area contributed by atoms with Gasteiger partial charge < -0.3 is 0 Å². The van der Waals surface area contributed by atoms with Crippen LogP contribution in [-0.2, 0) is 0 Å². The zero-order valence-corrected chi connectivity index (χ0v) is 9.81. The molecule has 17 heavy (non-hydrogen) atoms. The van der Waals surface area contributed by atoms with Crippen LogP contribution in [-0.4, -0.2) is 15.8 Å². The molecule has 3 heteroatoms. The lowest BCUT2D eigenvalue weighted by atomic mass is 10.0. The number of nitrogens with zero attached hydrogens (tertiary/aromatic N) is 2. The van der Waals surface area contributed by atoms with E-state index in [1.807, 2.05) is 13.0 Å². The lowest BCUT2D eigenvalue weighted by Crippen LogP contribution is -2.00. The fourth-order valence-electron chi connectivity index (χ4n) is 1.59. The van der Waals surface area contributed by atoms with Crippen molar-refractivity contribution in [2.45, 2.75) is 19.8 Å². The molecule has 0 bridgehead atoms. The van der Waals surface area contributed by atoms with Crippen molar-refractivity contribution < 1.29 is 4.79 Å². The number of fused-ring (bicyclic) bond motifs is 1. The molecule has 3 nitrogen and oxygen atoms in total. The van der Waals surface area contributed by atoms with Crippen LogP contribution < -0.4 is 0 Å². The first-order valence-electron chi connectivity index (χ1n) is 5.61. The summed E-state index contributed by atoms with van der Waals surface area (Å²) in [5, 5.41) is 0. The van der Waals surface area contributed by atoms with Gasteiger partial charge in [-0.05, 0) is 24.6 Å². The smallest absolute Gasteiger partial charge is 0.166 e. The largest absolute Gasteiger partial charge is 0.294 e. The molecule has 0 N–H and O–H groups in total. The standard InChI is InChI=1S/C14H14N2O/c1-3-10(2)8-14(17)11-4-5-12-13(9-11)16-7-6-15-12/h4-7,9H,2-3,8H2,1H3. The molecule has 1 aromatic carbocycles. The minimum atomic E-state index is 0.0874. The maximum atomic E-state index is 11.9. The maximum absolute atomic E-state index is 11.9. The molecule has 2 aromatic rings. The van der Waals surface area contributed by atoms with Crippen molar-refractivity contribution in [1.82, 2.24) is 9.97 Å². The van der Waals surface area contributed by atoms with Crippen LogP contribution in [0.2, 0.25) is 0 Å². The molecule has 86 valence electrons. The third kappa shape index (κ3) is 2.56. The molecule has 0 radical (unpaired) electrons. The Morgan fingerprint density at radius 2 is 1.94 bits per heavy atom. The number of allylic oxidation sites excluding steroid dienone is 1. The fourth-order valence-corrected chi connectivity index (χ4v) is 1.59. The minimum Gasteiger partial charge on any atom is -0.294 e. The topological polar surface area (TPSA) is 42.9 Å². The zero-order valence-electron chi connectivity index (χ0n) is 9.81. The lowest BCUT2D eigenvalue weighted by Gasteiger charge is -2.03. The Bertz CT molecular complexity index is 575. The highest BCUT2D eigenvalue weighted by Crippen LogP contribution is 2.15. The second kappa shape index (κ2) is 4.87. The summed E-state index contributed by atoms with van der Waals surface area (Å²) < 4.78 is 0. The molecule has 1 aromatic heterocycles. The predicted molar refractivity (Wildman–Crippen MR) is 67.9 cm³/mol. The molecule has 0 fully saturated rings. The molecular weight excluding hydrogens is 212 g/mol. The molecule has 0 saturated carbocycles. The van der Waals surface area contributed by atoms with Crippen LogP contribution in [0.25, 0.3) is 11.0 Å². The predicted octanol–water partition coefficient (Wildman–Crippen LogP) is 3.17. The number of carbonyl (C=O) groups is 1. The molecule has 1 heterocycles. The fraction of sp³-hybridized carbons (Fsp3) is 0.214. The molecule has 0 spiro atoms. The van der Waals surface area contributed by atoms with Gasteiger partial charge in [0.25, 0.3) is 0 Å². The summed E-state index contributed by atoms with van der Waals surface area (Å²) in [5.41, 5.74) is 3.18. The van der Waals surface area contributed by atoms with Gasteiger partial charge in [-0.15, -0.1) is 0 Å². The second-order valence-corrected chi connectivity index (χ2v) is 3.96. The van der Waals surface area contributed by atoms with E-state index in [0.717, 1.165) is 23.0 Å². The van der Waals surface area contributed by atoms with Gasteiger partial charge in [-0.3, -0.25) is 14.8 Å². The summed E-state index contributed by atoms with van der Waals surface area (Å²) in [7, 11) is 0. The first-order chi connectivity index (χ1) is 8.20. The molecular formula is C14H14N2O. The van der Waals surface area contributed by atoms with E-state index < -0.39 is 0 Å². The van der Waals surface area contributed by atoms with Gasteiger partial charge in [0, 0.05) is 24.4 Å². The zero-order chi connectivity index (χ0) is 12.3. The highest BCUT2D eigenvalue weighted by atomic mass is 16.1. The van der Waals surface area contributed by atoms with Crippen molar-refractivity contribution in [3.63, 3.8) is 0 Å². The molecule has 2 rings (SSSR count). The molecule has 0 unspecified atom stereocenters. The number of hydrogen-bond acceptors (Lipinski definition) is 3. The van der Waals surface area contributed by atoms with E-state index in [1.165, 1.54) is 0 Å². The Kier molecular flexibility index (Phi) is 3.28. The third-order valence-corrected chi connectivity index (χ3v) is 2.70. The van der Waals surface area contributed by atoms with Crippen molar-refractivity contribution in [1.29, 1.82) is 0 Å². The third-order valence-electron chi connectivity index (χ3n) is 2.70. The number of aromatic nitrogens is 2. The van der Waals surface area contributed by atoms with E-state index in [0.29, 0.717) is 12.0 Å². The summed E-state index contributed by atoms with van der Waals surface area (Å²) in [5.74, 6) is 0.0874. The number of benzene rings is 1. The molecule has 0 amide bonds. The van der Waals surface area contributed by atoms with Crippen molar-refractivity contribution in [3.05, 3.63) is 48.3 Å². The van der Waals surface area contributed by atoms with Gasteiger partial charge in [0.2, 0.25) is 0 Å². The average Bonchev–Trinajstić information content (AvgIpc) is 2.38. The van der Waals surface area contributed by atoms with E-state index in [4.69, 9.17) is 0 Å². The monoisotopic (exact) mass is 226 g/mol. The Morgan fingerprint density at radius 3 is 2.65 bits per heavy atom. The number of rotatable bonds is 4. The summed E-state index contributed by atoms with van der Waals surface area (Å²) >= 11 is 0. The Hall–Kier alpha value is -2.03. The molecule has 0 aliphatic heterocycles.